The summed E-state index contributed by atoms with van der Waals surface area (Å²) < 4.78 is 26.6. The van der Waals surface area contributed by atoms with Crippen LogP contribution in [0.15, 0.2) is 48.5 Å². The van der Waals surface area contributed by atoms with Crippen molar-refractivity contribution in [3.05, 3.63) is 71.3 Å². The van der Waals surface area contributed by atoms with Gasteiger partial charge in [-0.25, -0.2) is 8.78 Å². The molecule has 1 amide bonds. The summed E-state index contributed by atoms with van der Waals surface area (Å²) in [5, 5.41) is 0. The topological polar surface area (TPSA) is 20.3 Å². The molecule has 0 N–H and O–H groups in total. The third-order valence-electron chi connectivity index (χ3n) is 3.87. The minimum atomic E-state index is -0.332. The monoisotopic (exact) mass is 303 g/mol. The van der Waals surface area contributed by atoms with E-state index in [2.05, 4.69) is 0 Å². The molecule has 1 unspecified atom stereocenters. The van der Waals surface area contributed by atoms with Crippen LogP contribution in [0.2, 0.25) is 0 Å². The molecule has 0 aromatic heterocycles. The number of aryl methyl sites for hydroxylation is 1. The molecule has 4 heteroatoms. The zero-order chi connectivity index (χ0) is 16.1. The van der Waals surface area contributed by atoms with Gasteiger partial charge in [-0.15, -0.1) is 0 Å². The van der Waals surface area contributed by atoms with Crippen LogP contribution in [0.5, 0.6) is 0 Å². The van der Waals surface area contributed by atoms with Gasteiger partial charge < -0.3 is 4.90 Å². The van der Waals surface area contributed by atoms with Gasteiger partial charge >= 0.3 is 0 Å². The first kappa shape index (κ1) is 16.1. The summed E-state index contributed by atoms with van der Waals surface area (Å²) in [6.45, 7) is 1.80. The number of carbonyl (C=O) groups is 1. The van der Waals surface area contributed by atoms with Crippen molar-refractivity contribution in [2.24, 2.45) is 0 Å². The minimum absolute atomic E-state index is 0.0694. The van der Waals surface area contributed by atoms with Gasteiger partial charge in [-0.05, 0) is 37.1 Å². The molecule has 0 aliphatic rings. The molecule has 2 rings (SSSR count). The zero-order valence-corrected chi connectivity index (χ0v) is 12.7. The van der Waals surface area contributed by atoms with E-state index in [9.17, 15) is 13.6 Å². The lowest BCUT2D eigenvalue weighted by Crippen LogP contribution is -2.30. The summed E-state index contributed by atoms with van der Waals surface area (Å²) in [7, 11) is 1.67. The van der Waals surface area contributed by atoms with Crippen LogP contribution in [-0.2, 0) is 11.2 Å². The summed E-state index contributed by atoms with van der Waals surface area (Å²) >= 11 is 0. The zero-order valence-electron chi connectivity index (χ0n) is 12.7. The van der Waals surface area contributed by atoms with Gasteiger partial charge in [-0.3, -0.25) is 4.79 Å². The molecular weight excluding hydrogens is 284 g/mol. The van der Waals surface area contributed by atoms with Crippen molar-refractivity contribution in [3.63, 3.8) is 0 Å². The Bertz CT molecular complexity index is 640. The van der Waals surface area contributed by atoms with Crippen LogP contribution in [0.3, 0.4) is 0 Å². The number of hydrogen-bond donors (Lipinski definition) is 0. The number of hydrogen-bond acceptors (Lipinski definition) is 1. The van der Waals surface area contributed by atoms with Crippen molar-refractivity contribution in [2.75, 3.05) is 7.05 Å². The van der Waals surface area contributed by atoms with Crippen LogP contribution >= 0.6 is 0 Å². The number of carbonyl (C=O) groups excluding carboxylic acids is 1. The van der Waals surface area contributed by atoms with Crippen LogP contribution < -0.4 is 0 Å². The highest BCUT2D eigenvalue weighted by molar-refractivity contribution is 5.76. The Kier molecular flexibility index (Phi) is 5.26. The third kappa shape index (κ3) is 3.91. The average Bonchev–Trinajstić information content (AvgIpc) is 2.53. The minimum Gasteiger partial charge on any atom is -0.339 e. The van der Waals surface area contributed by atoms with Gasteiger partial charge in [-0.2, -0.15) is 0 Å². The van der Waals surface area contributed by atoms with Gasteiger partial charge in [0.05, 0.1) is 6.04 Å². The molecule has 0 saturated heterocycles. The highest BCUT2D eigenvalue weighted by Gasteiger charge is 2.19. The fraction of sp³-hybridized carbons (Fsp3) is 0.278. The van der Waals surface area contributed by atoms with Gasteiger partial charge in [0.25, 0.3) is 0 Å². The quantitative estimate of drug-likeness (QED) is 0.813. The SMILES string of the molecule is CC(c1ccccc1F)N(C)C(=O)CCc1ccc(F)cc1. The fourth-order valence-electron chi connectivity index (χ4n) is 2.32. The van der Waals surface area contributed by atoms with E-state index in [1.54, 1.807) is 49.2 Å². The maximum atomic E-state index is 13.8. The summed E-state index contributed by atoms with van der Waals surface area (Å²) in [5.74, 6) is -0.673. The molecule has 1 atom stereocenters. The van der Waals surface area contributed by atoms with Crippen molar-refractivity contribution in [1.29, 1.82) is 0 Å². The Hall–Kier alpha value is -2.23. The molecule has 2 aromatic carbocycles. The molecule has 2 nitrogen and oxygen atoms in total. The highest BCUT2D eigenvalue weighted by Crippen LogP contribution is 2.22. The standard InChI is InChI=1S/C18H19F2NO/c1-13(16-5-3-4-6-17(16)20)21(2)18(22)12-9-14-7-10-15(19)11-8-14/h3-8,10-11,13H,9,12H2,1-2H3. The van der Waals surface area contributed by atoms with E-state index in [0.29, 0.717) is 18.4 Å². The lowest BCUT2D eigenvalue weighted by atomic mass is 10.1. The van der Waals surface area contributed by atoms with E-state index in [0.717, 1.165) is 5.56 Å². The molecule has 116 valence electrons. The highest BCUT2D eigenvalue weighted by atomic mass is 19.1. The fourth-order valence-corrected chi connectivity index (χ4v) is 2.32. The maximum absolute atomic E-state index is 13.8. The van der Waals surface area contributed by atoms with Crippen LogP contribution in [0.25, 0.3) is 0 Å². The predicted octanol–water partition coefficient (Wildman–Crippen LogP) is 4.12. The van der Waals surface area contributed by atoms with Crippen LogP contribution in [0.1, 0.15) is 30.5 Å². The van der Waals surface area contributed by atoms with Crippen molar-refractivity contribution >= 4 is 5.91 Å². The molecule has 22 heavy (non-hydrogen) atoms. The first-order valence-corrected chi connectivity index (χ1v) is 7.23. The summed E-state index contributed by atoms with van der Waals surface area (Å²) in [4.78, 5) is 13.8. The smallest absolute Gasteiger partial charge is 0.223 e. The molecule has 0 aliphatic carbocycles. The third-order valence-corrected chi connectivity index (χ3v) is 3.87. The van der Waals surface area contributed by atoms with E-state index in [1.807, 2.05) is 0 Å². The first-order chi connectivity index (χ1) is 10.5. The molecule has 0 bridgehead atoms. The number of halogens is 2. The van der Waals surface area contributed by atoms with Crippen molar-refractivity contribution in [2.45, 2.75) is 25.8 Å². The van der Waals surface area contributed by atoms with Crippen LogP contribution in [0.4, 0.5) is 8.78 Å². The number of benzene rings is 2. The Labute approximate surface area is 129 Å². The maximum Gasteiger partial charge on any atom is 0.223 e. The molecule has 0 radical (unpaired) electrons. The Morgan fingerprint density at radius 3 is 2.36 bits per heavy atom. The van der Waals surface area contributed by atoms with Crippen LogP contribution in [0, 0.1) is 11.6 Å². The average molecular weight is 303 g/mol. The van der Waals surface area contributed by atoms with E-state index in [1.165, 1.54) is 18.2 Å². The normalized spacial score (nSPS) is 12.0. The first-order valence-electron chi connectivity index (χ1n) is 7.23. The summed E-state index contributed by atoms with van der Waals surface area (Å²) in [6.07, 6.45) is 0.842. The van der Waals surface area contributed by atoms with Crippen LogP contribution in [-0.4, -0.2) is 17.9 Å². The molecule has 0 saturated carbocycles. The van der Waals surface area contributed by atoms with Crippen molar-refractivity contribution < 1.29 is 13.6 Å². The van der Waals surface area contributed by atoms with E-state index < -0.39 is 0 Å². The second-order valence-electron chi connectivity index (χ2n) is 5.33. The van der Waals surface area contributed by atoms with Gasteiger partial charge in [0.1, 0.15) is 11.6 Å². The molecule has 0 spiro atoms. The van der Waals surface area contributed by atoms with E-state index in [-0.39, 0.29) is 23.6 Å². The number of nitrogens with zero attached hydrogens (tertiary/aromatic N) is 1. The Balaban J connectivity index is 1.97. The Morgan fingerprint density at radius 2 is 1.73 bits per heavy atom. The lowest BCUT2D eigenvalue weighted by Gasteiger charge is -2.25. The summed E-state index contributed by atoms with van der Waals surface area (Å²) in [6, 6.07) is 12.2. The van der Waals surface area contributed by atoms with E-state index in [4.69, 9.17) is 0 Å². The lowest BCUT2D eigenvalue weighted by molar-refractivity contribution is -0.131. The molecule has 0 aliphatic heterocycles. The Morgan fingerprint density at radius 1 is 1.09 bits per heavy atom. The number of rotatable bonds is 5. The van der Waals surface area contributed by atoms with Gasteiger partial charge in [0.2, 0.25) is 5.91 Å². The van der Waals surface area contributed by atoms with E-state index >= 15 is 0 Å². The van der Waals surface area contributed by atoms with Crippen molar-refractivity contribution in [1.82, 2.24) is 4.90 Å². The van der Waals surface area contributed by atoms with Gasteiger partial charge in [-0.1, -0.05) is 30.3 Å². The molecule has 2 aromatic rings. The summed E-state index contributed by atoms with van der Waals surface area (Å²) in [5.41, 5.74) is 1.40. The molecular formula is C18H19F2NO. The molecule has 0 fully saturated rings. The second-order valence-corrected chi connectivity index (χ2v) is 5.33. The second kappa shape index (κ2) is 7.16. The van der Waals surface area contributed by atoms with Gasteiger partial charge in [0, 0.05) is 19.0 Å². The predicted molar refractivity (Wildman–Crippen MR) is 82.3 cm³/mol. The largest absolute Gasteiger partial charge is 0.339 e. The van der Waals surface area contributed by atoms with Gasteiger partial charge in [0.15, 0.2) is 0 Å². The van der Waals surface area contributed by atoms with Crippen molar-refractivity contribution in [3.8, 4) is 0 Å². The number of amides is 1. The molecule has 0 heterocycles.